The molecule has 2 rings (SSSR count). The molecule has 1 aromatic carbocycles. The van der Waals surface area contributed by atoms with Crippen LogP contribution in [0, 0.1) is 5.82 Å². The summed E-state index contributed by atoms with van der Waals surface area (Å²) in [5, 5.41) is 3.42. The second kappa shape index (κ2) is 7.52. The molecule has 3 nitrogen and oxygen atoms in total. The van der Waals surface area contributed by atoms with Crippen LogP contribution in [-0.4, -0.2) is 11.5 Å². The van der Waals surface area contributed by atoms with Crippen LogP contribution in [0.1, 0.15) is 31.9 Å². The van der Waals surface area contributed by atoms with Gasteiger partial charge in [-0.2, -0.15) is 0 Å². The fraction of sp³-hybridized carbons (Fsp3) is 0.312. The van der Waals surface area contributed by atoms with Crippen molar-refractivity contribution in [3.8, 4) is 11.6 Å². The van der Waals surface area contributed by atoms with Gasteiger partial charge in [-0.05, 0) is 65.6 Å². The maximum atomic E-state index is 13.1. The third-order valence-electron chi connectivity index (χ3n) is 3.07. The number of nitrogens with one attached hydrogen (secondary N) is 1. The summed E-state index contributed by atoms with van der Waals surface area (Å²) in [6.07, 6.45) is 2.80. The van der Waals surface area contributed by atoms with E-state index < -0.39 is 0 Å². The van der Waals surface area contributed by atoms with Gasteiger partial charge >= 0.3 is 0 Å². The molecular weight excluding hydrogens is 335 g/mol. The molecule has 0 saturated heterocycles. The number of ether oxygens (including phenoxy) is 1. The molecule has 1 atom stereocenters. The van der Waals surface area contributed by atoms with Crippen molar-refractivity contribution in [2.24, 2.45) is 0 Å². The molecule has 1 heterocycles. The molecule has 0 aliphatic heterocycles. The summed E-state index contributed by atoms with van der Waals surface area (Å²) in [5.74, 6) is 0.716. The van der Waals surface area contributed by atoms with E-state index in [1.165, 1.54) is 12.1 Å². The number of halogens is 2. The minimum atomic E-state index is -0.312. The van der Waals surface area contributed by atoms with Crippen molar-refractivity contribution in [1.82, 2.24) is 10.3 Å². The van der Waals surface area contributed by atoms with Gasteiger partial charge in [0.25, 0.3) is 0 Å². The molecule has 5 heteroatoms. The summed E-state index contributed by atoms with van der Waals surface area (Å²) in [6, 6.07) is 8.38. The van der Waals surface area contributed by atoms with E-state index >= 15 is 0 Å². The predicted octanol–water partition coefficient (Wildman–Crippen LogP) is 4.84. The monoisotopic (exact) mass is 352 g/mol. The molecule has 21 heavy (non-hydrogen) atoms. The van der Waals surface area contributed by atoms with Gasteiger partial charge in [0.15, 0.2) is 0 Å². The molecule has 1 N–H and O–H groups in total. The van der Waals surface area contributed by atoms with Crippen molar-refractivity contribution < 1.29 is 9.13 Å². The average Bonchev–Trinajstić information content (AvgIpc) is 2.48. The van der Waals surface area contributed by atoms with Crippen molar-refractivity contribution in [2.45, 2.75) is 26.3 Å². The van der Waals surface area contributed by atoms with E-state index in [1.54, 1.807) is 12.3 Å². The Morgan fingerprint density at radius 2 is 2.14 bits per heavy atom. The summed E-state index contributed by atoms with van der Waals surface area (Å²) in [5.41, 5.74) is 1.10. The highest BCUT2D eigenvalue weighted by Gasteiger charge is 2.09. The van der Waals surface area contributed by atoms with E-state index in [1.807, 2.05) is 12.1 Å². The second-order valence-corrected chi connectivity index (χ2v) is 5.63. The van der Waals surface area contributed by atoms with Crippen LogP contribution in [0.4, 0.5) is 4.39 Å². The zero-order valence-corrected chi connectivity index (χ0v) is 13.7. The van der Waals surface area contributed by atoms with Gasteiger partial charge in [-0.25, -0.2) is 9.37 Å². The molecule has 0 aliphatic rings. The molecule has 1 aromatic heterocycles. The zero-order valence-electron chi connectivity index (χ0n) is 12.1. The summed E-state index contributed by atoms with van der Waals surface area (Å²) in [6.45, 7) is 5.19. The Morgan fingerprint density at radius 3 is 2.86 bits per heavy atom. The lowest BCUT2D eigenvalue weighted by Gasteiger charge is -2.14. The Labute approximate surface area is 132 Å². The zero-order chi connectivity index (χ0) is 15.2. The fourth-order valence-corrected chi connectivity index (χ4v) is 2.33. The predicted molar refractivity (Wildman–Crippen MR) is 85.1 cm³/mol. The van der Waals surface area contributed by atoms with Crippen molar-refractivity contribution in [3.05, 3.63) is 52.4 Å². The summed E-state index contributed by atoms with van der Waals surface area (Å²) in [4.78, 5) is 4.20. The lowest BCUT2D eigenvalue weighted by atomic mass is 10.1. The first kappa shape index (κ1) is 15.9. The maximum absolute atomic E-state index is 13.1. The van der Waals surface area contributed by atoms with Crippen molar-refractivity contribution in [3.63, 3.8) is 0 Å². The van der Waals surface area contributed by atoms with Crippen LogP contribution in [0.5, 0.6) is 11.6 Å². The van der Waals surface area contributed by atoms with Crippen molar-refractivity contribution >= 4 is 15.9 Å². The number of hydrogen-bond donors (Lipinski definition) is 1. The second-order valence-electron chi connectivity index (χ2n) is 4.78. The number of pyridine rings is 1. The third-order valence-corrected chi connectivity index (χ3v) is 3.69. The summed E-state index contributed by atoms with van der Waals surface area (Å²) >= 11 is 3.28. The van der Waals surface area contributed by atoms with E-state index in [9.17, 15) is 4.39 Å². The largest absolute Gasteiger partial charge is 0.438 e. The minimum absolute atomic E-state index is 0.229. The lowest BCUT2D eigenvalue weighted by molar-refractivity contribution is 0.455. The van der Waals surface area contributed by atoms with Crippen molar-refractivity contribution in [2.75, 3.05) is 6.54 Å². The van der Waals surface area contributed by atoms with Crippen LogP contribution in [-0.2, 0) is 0 Å². The molecule has 0 radical (unpaired) electrons. The highest BCUT2D eigenvalue weighted by atomic mass is 79.9. The Kier molecular flexibility index (Phi) is 5.70. The van der Waals surface area contributed by atoms with Crippen LogP contribution < -0.4 is 10.1 Å². The lowest BCUT2D eigenvalue weighted by Crippen LogP contribution is -2.19. The van der Waals surface area contributed by atoms with E-state index in [-0.39, 0.29) is 11.9 Å². The van der Waals surface area contributed by atoms with E-state index in [4.69, 9.17) is 4.74 Å². The van der Waals surface area contributed by atoms with Gasteiger partial charge in [0.1, 0.15) is 11.6 Å². The van der Waals surface area contributed by atoms with Crippen LogP contribution >= 0.6 is 15.9 Å². The van der Waals surface area contributed by atoms with Crippen LogP contribution in [0.25, 0.3) is 0 Å². The van der Waals surface area contributed by atoms with Crippen LogP contribution in [0.15, 0.2) is 41.0 Å². The first-order chi connectivity index (χ1) is 10.1. The molecule has 0 spiro atoms. The number of hydrogen-bond acceptors (Lipinski definition) is 3. The number of benzene rings is 1. The first-order valence-electron chi connectivity index (χ1n) is 6.92. The van der Waals surface area contributed by atoms with E-state index in [0.29, 0.717) is 16.1 Å². The fourth-order valence-electron chi connectivity index (χ4n) is 1.90. The average molecular weight is 353 g/mol. The van der Waals surface area contributed by atoms with Gasteiger partial charge in [-0.15, -0.1) is 0 Å². The maximum Gasteiger partial charge on any atom is 0.219 e. The Hall–Kier alpha value is -1.46. The molecule has 0 amide bonds. The Morgan fingerprint density at radius 1 is 1.33 bits per heavy atom. The summed E-state index contributed by atoms with van der Waals surface area (Å²) in [7, 11) is 0. The van der Waals surface area contributed by atoms with E-state index in [0.717, 1.165) is 18.5 Å². The van der Waals surface area contributed by atoms with Crippen LogP contribution in [0.2, 0.25) is 0 Å². The molecule has 0 aliphatic carbocycles. The molecule has 2 aromatic rings. The molecule has 0 fully saturated rings. The van der Waals surface area contributed by atoms with Gasteiger partial charge in [0.2, 0.25) is 5.88 Å². The topological polar surface area (TPSA) is 34.2 Å². The Bertz CT molecular complexity index is 607. The SMILES string of the molecule is CCCNC(C)c1ccnc(Oc2ccc(F)cc2Br)c1. The molecule has 1 unspecified atom stereocenters. The van der Waals surface area contributed by atoms with Gasteiger partial charge in [-0.3, -0.25) is 0 Å². The van der Waals surface area contributed by atoms with Crippen molar-refractivity contribution in [1.29, 1.82) is 0 Å². The third kappa shape index (κ3) is 4.51. The molecule has 0 bridgehead atoms. The quantitative estimate of drug-likeness (QED) is 0.807. The van der Waals surface area contributed by atoms with Crippen LogP contribution in [0.3, 0.4) is 0 Å². The first-order valence-corrected chi connectivity index (χ1v) is 7.71. The molecular formula is C16H18BrFN2O. The van der Waals surface area contributed by atoms with Gasteiger partial charge in [0.05, 0.1) is 4.47 Å². The highest BCUT2D eigenvalue weighted by molar-refractivity contribution is 9.10. The van der Waals surface area contributed by atoms with Gasteiger partial charge < -0.3 is 10.1 Å². The normalized spacial score (nSPS) is 12.2. The van der Waals surface area contributed by atoms with Gasteiger partial charge in [-0.1, -0.05) is 6.92 Å². The number of aromatic nitrogens is 1. The highest BCUT2D eigenvalue weighted by Crippen LogP contribution is 2.30. The number of nitrogens with zero attached hydrogens (tertiary/aromatic N) is 1. The van der Waals surface area contributed by atoms with E-state index in [2.05, 4.69) is 40.1 Å². The standard InChI is InChI=1S/C16H18BrFN2O/c1-3-7-19-11(2)12-6-8-20-16(9-12)21-15-5-4-13(18)10-14(15)17/h4-6,8-11,19H,3,7H2,1-2H3. The van der Waals surface area contributed by atoms with Gasteiger partial charge in [0, 0.05) is 18.3 Å². The minimum Gasteiger partial charge on any atom is -0.438 e. The Balaban J connectivity index is 2.13. The smallest absolute Gasteiger partial charge is 0.219 e. The summed E-state index contributed by atoms with van der Waals surface area (Å²) < 4.78 is 19.3. The number of rotatable bonds is 6. The molecule has 112 valence electrons. The molecule has 0 saturated carbocycles.